The highest BCUT2D eigenvalue weighted by Gasteiger charge is 2.41. The second-order valence-electron chi connectivity index (χ2n) is 7.42. The Labute approximate surface area is 119 Å². The summed E-state index contributed by atoms with van der Waals surface area (Å²) in [5.41, 5.74) is 0. The van der Waals surface area contributed by atoms with Gasteiger partial charge in [-0.25, -0.2) is 0 Å². The van der Waals surface area contributed by atoms with Gasteiger partial charge in [0, 0.05) is 25.2 Å². The lowest BCUT2D eigenvalue weighted by Gasteiger charge is -2.43. The van der Waals surface area contributed by atoms with Crippen LogP contribution in [-0.2, 0) is 0 Å². The molecule has 1 saturated heterocycles. The summed E-state index contributed by atoms with van der Waals surface area (Å²) in [5, 5.41) is 3.65. The van der Waals surface area contributed by atoms with Crippen LogP contribution < -0.4 is 5.32 Å². The minimum Gasteiger partial charge on any atom is -0.316 e. The largest absolute Gasteiger partial charge is 0.316 e. The molecule has 2 aliphatic rings. The van der Waals surface area contributed by atoms with E-state index in [2.05, 4.69) is 50.0 Å². The first-order valence-electron chi connectivity index (χ1n) is 8.10. The molecule has 0 spiro atoms. The molecule has 1 aliphatic carbocycles. The van der Waals surface area contributed by atoms with Gasteiger partial charge in [0.1, 0.15) is 0 Å². The van der Waals surface area contributed by atoms with Crippen LogP contribution in [0.5, 0.6) is 0 Å². The summed E-state index contributed by atoms with van der Waals surface area (Å²) in [6.07, 6.45) is 2.84. The molecule has 0 aromatic rings. The van der Waals surface area contributed by atoms with Crippen molar-refractivity contribution in [3.05, 3.63) is 0 Å². The molecular formula is C16H33N3. The molecule has 4 atom stereocenters. The van der Waals surface area contributed by atoms with E-state index in [1.165, 1.54) is 39.0 Å². The third-order valence-electron chi connectivity index (χ3n) is 5.07. The van der Waals surface area contributed by atoms with Gasteiger partial charge < -0.3 is 10.2 Å². The lowest BCUT2D eigenvalue weighted by atomic mass is 9.78. The SMILES string of the molecule is CC(C)CNCC1CCC1N1CC(C)C(N(C)C)C1. The third kappa shape index (κ3) is 3.71. The highest BCUT2D eigenvalue weighted by molar-refractivity contribution is 4.96. The predicted molar refractivity (Wildman–Crippen MR) is 82.4 cm³/mol. The van der Waals surface area contributed by atoms with Crippen molar-refractivity contribution in [3.63, 3.8) is 0 Å². The fourth-order valence-corrected chi connectivity index (χ4v) is 3.76. The van der Waals surface area contributed by atoms with Crippen LogP contribution >= 0.6 is 0 Å². The van der Waals surface area contributed by atoms with Gasteiger partial charge >= 0.3 is 0 Å². The van der Waals surface area contributed by atoms with E-state index in [-0.39, 0.29) is 0 Å². The molecule has 2 fully saturated rings. The Balaban J connectivity index is 1.76. The number of likely N-dealkylation sites (N-methyl/N-ethyl adjacent to an activating group) is 1. The monoisotopic (exact) mass is 267 g/mol. The quantitative estimate of drug-likeness (QED) is 0.793. The summed E-state index contributed by atoms with van der Waals surface area (Å²) >= 11 is 0. The van der Waals surface area contributed by atoms with Crippen molar-refractivity contribution < 1.29 is 0 Å². The lowest BCUT2D eigenvalue weighted by Crippen LogP contribution is -2.50. The number of nitrogens with one attached hydrogen (secondary N) is 1. The first-order valence-corrected chi connectivity index (χ1v) is 8.10. The van der Waals surface area contributed by atoms with Gasteiger partial charge in [-0.15, -0.1) is 0 Å². The maximum atomic E-state index is 3.65. The number of likely N-dealkylation sites (tertiary alicyclic amines) is 1. The van der Waals surface area contributed by atoms with Gasteiger partial charge in [0.05, 0.1) is 0 Å². The Hall–Kier alpha value is -0.120. The van der Waals surface area contributed by atoms with Gasteiger partial charge in [0.15, 0.2) is 0 Å². The first-order chi connectivity index (χ1) is 8.99. The van der Waals surface area contributed by atoms with E-state index in [4.69, 9.17) is 0 Å². The molecule has 0 aromatic carbocycles. The van der Waals surface area contributed by atoms with E-state index in [1.54, 1.807) is 0 Å². The van der Waals surface area contributed by atoms with Crippen LogP contribution in [0, 0.1) is 17.8 Å². The molecule has 1 saturated carbocycles. The van der Waals surface area contributed by atoms with E-state index in [0.29, 0.717) is 0 Å². The van der Waals surface area contributed by atoms with Crippen LogP contribution in [0.1, 0.15) is 33.6 Å². The van der Waals surface area contributed by atoms with Crippen LogP contribution in [0.4, 0.5) is 0 Å². The Morgan fingerprint density at radius 1 is 1.21 bits per heavy atom. The Kier molecular flexibility index (Phi) is 5.27. The molecule has 1 N–H and O–H groups in total. The van der Waals surface area contributed by atoms with Gasteiger partial charge in [-0.1, -0.05) is 20.8 Å². The number of nitrogens with zero attached hydrogens (tertiary/aromatic N) is 2. The minimum atomic E-state index is 0.755. The summed E-state index contributed by atoms with van der Waals surface area (Å²) < 4.78 is 0. The normalized spacial score (nSPS) is 36.2. The van der Waals surface area contributed by atoms with Crippen molar-refractivity contribution >= 4 is 0 Å². The van der Waals surface area contributed by atoms with Gasteiger partial charge in [0.2, 0.25) is 0 Å². The smallest absolute Gasteiger partial charge is 0.0254 e. The standard InChI is InChI=1S/C16H33N3/c1-12(2)8-17-9-14-6-7-15(14)19-10-13(3)16(11-19)18(4)5/h12-17H,6-11H2,1-5H3. The van der Waals surface area contributed by atoms with Crippen LogP contribution in [0.25, 0.3) is 0 Å². The van der Waals surface area contributed by atoms with E-state index in [9.17, 15) is 0 Å². The van der Waals surface area contributed by atoms with Gasteiger partial charge in [-0.3, -0.25) is 4.90 Å². The van der Waals surface area contributed by atoms with Crippen molar-refractivity contribution in [2.24, 2.45) is 17.8 Å². The second kappa shape index (κ2) is 6.55. The molecule has 0 radical (unpaired) electrons. The second-order valence-corrected chi connectivity index (χ2v) is 7.42. The average molecular weight is 267 g/mol. The van der Waals surface area contributed by atoms with E-state index in [1.807, 2.05) is 0 Å². The summed E-state index contributed by atoms with van der Waals surface area (Å²) in [4.78, 5) is 5.18. The fraction of sp³-hybridized carbons (Fsp3) is 1.00. The van der Waals surface area contributed by atoms with Crippen LogP contribution in [0.3, 0.4) is 0 Å². The van der Waals surface area contributed by atoms with Crippen molar-refractivity contribution in [2.45, 2.75) is 45.7 Å². The predicted octanol–water partition coefficient (Wildman–Crippen LogP) is 1.89. The summed E-state index contributed by atoms with van der Waals surface area (Å²) in [6, 6.07) is 1.61. The number of hydrogen-bond acceptors (Lipinski definition) is 3. The Morgan fingerprint density at radius 3 is 2.42 bits per heavy atom. The van der Waals surface area contributed by atoms with Crippen LogP contribution in [0.2, 0.25) is 0 Å². The zero-order valence-electron chi connectivity index (χ0n) is 13.5. The maximum Gasteiger partial charge on any atom is 0.0254 e. The molecule has 3 nitrogen and oxygen atoms in total. The molecular weight excluding hydrogens is 234 g/mol. The molecule has 0 amide bonds. The lowest BCUT2D eigenvalue weighted by molar-refractivity contribution is 0.0753. The van der Waals surface area contributed by atoms with Crippen molar-refractivity contribution in [2.75, 3.05) is 40.3 Å². The molecule has 1 aliphatic heterocycles. The van der Waals surface area contributed by atoms with Crippen LogP contribution in [0.15, 0.2) is 0 Å². The van der Waals surface area contributed by atoms with E-state index >= 15 is 0 Å². The topological polar surface area (TPSA) is 18.5 Å². The number of hydrogen-bond donors (Lipinski definition) is 1. The Bertz CT molecular complexity index is 277. The summed E-state index contributed by atoms with van der Waals surface area (Å²) in [6.45, 7) is 12.0. The number of rotatable bonds is 6. The summed E-state index contributed by atoms with van der Waals surface area (Å²) in [7, 11) is 4.46. The molecule has 2 rings (SSSR count). The van der Waals surface area contributed by atoms with E-state index < -0.39 is 0 Å². The fourth-order valence-electron chi connectivity index (χ4n) is 3.76. The van der Waals surface area contributed by atoms with Crippen molar-refractivity contribution in [1.29, 1.82) is 0 Å². The molecule has 4 unspecified atom stereocenters. The minimum absolute atomic E-state index is 0.755. The molecule has 0 bridgehead atoms. The highest BCUT2D eigenvalue weighted by atomic mass is 15.3. The van der Waals surface area contributed by atoms with Crippen LogP contribution in [-0.4, -0.2) is 62.2 Å². The Morgan fingerprint density at radius 2 is 1.95 bits per heavy atom. The van der Waals surface area contributed by atoms with E-state index in [0.717, 1.165) is 29.8 Å². The van der Waals surface area contributed by atoms with Gasteiger partial charge in [-0.05, 0) is 57.8 Å². The maximum absolute atomic E-state index is 3.65. The average Bonchev–Trinajstić information content (AvgIpc) is 2.64. The molecule has 1 heterocycles. The zero-order valence-corrected chi connectivity index (χ0v) is 13.5. The van der Waals surface area contributed by atoms with Crippen molar-refractivity contribution in [1.82, 2.24) is 15.1 Å². The first kappa shape index (κ1) is 15.3. The molecule has 0 aromatic heterocycles. The summed E-state index contributed by atoms with van der Waals surface area (Å²) in [5.74, 6) is 2.48. The van der Waals surface area contributed by atoms with Crippen molar-refractivity contribution in [3.8, 4) is 0 Å². The molecule has 19 heavy (non-hydrogen) atoms. The van der Waals surface area contributed by atoms with Gasteiger partial charge in [0.25, 0.3) is 0 Å². The zero-order chi connectivity index (χ0) is 14.0. The molecule has 3 heteroatoms. The van der Waals surface area contributed by atoms with Gasteiger partial charge in [-0.2, -0.15) is 0 Å². The molecule has 112 valence electrons. The third-order valence-corrected chi connectivity index (χ3v) is 5.07. The highest BCUT2D eigenvalue weighted by Crippen LogP contribution is 2.35.